The summed E-state index contributed by atoms with van der Waals surface area (Å²) >= 11 is 0. The van der Waals surface area contributed by atoms with Crippen molar-refractivity contribution in [3.05, 3.63) is 34.6 Å². The molecule has 1 rings (SSSR count). The van der Waals surface area contributed by atoms with Crippen molar-refractivity contribution in [1.82, 2.24) is 0 Å². The van der Waals surface area contributed by atoms with Crippen LogP contribution in [0.4, 0.5) is 4.39 Å². The Morgan fingerprint density at radius 1 is 1.44 bits per heavy atom. The van der Waals surface area contributed by atoms with E-state index in [2.05, 4.69) is 0 Å². The number of nitrogens with two attached hydrogens (primary N) is 1. The first kappa shape index (κ1) is 12.6. The minimum absolute atomic E-state index is 0.0476. The van der Waals surface area contributed by atoms with E-state index in [1.54, 1.807) is 26.0 Å². The molecule has 88 valence electrons. The van der Waals surface area contributed by atoms with E-state index >= 15 is 0 Å². The van der Waals surface area contributed by atoms with Gasteiger partial charge < -0.3 is 10.8 Å². The van der Waals surface area contributed by atoms with E-state index in [1.165, 1.54) is 0 Å². The summed E-state index contributed by atoms with van der Waals surface area (Å²) in [6.07, 6.45) is 0.199. The van der Waals surface area contributed by atoms with Crippen molar-refractivity contribution < 1.29 is 14.3 Å². The van der Waals surface area contributed by atoms with Crippen molar-refractivity contribution in [3.63, 3.8) is 0 Å². The zero-order chi connectivity index (χ0) is 12.3. The van der Waals surface area contributed by atoms with Gasteiger partial charge in [0, 0.05) is 18.0 Å². The highest BCUT2D eigenvalue weighted by Gasteiger charge is 2.16. The number of halogens is 1. The van der Waals surface area contributed by atoms with Crippen molar-refractivity contribution in [2.24, 2.45) is 5.73 Å². The number of aryl methyl sites for hydroxylation is 2. The fourth-order valence-corrected chi connectivity index (χ4v) is 1.68. The summed E-state index contributed by atoms with van der Waals surface area (Å²) in [5.41, 5.74) is 7.54. The van der Waals surface area contributed by atoms with Gasteiger partial charge in [-0.1, -0.05) is 12.1 Å². The molecule has 0 fully saturated rings. The largest absolute Gasteiger partial charge is 0.481 e. The lowest BCUT2D eigenvalue weighted by atomic mass is 9.95. The normalized spacial score (nSPS) is 12.5. The highest BCUT2D eigenvalue weighted by atomic mass is 19.1. The lowest BCUT2D eigenvalue weighted by Crippen LogP contribution is -2.16. The lowest BCUT2D eigenvalue weighted by molar-refractivity contribution is -0.137. The zero-order valence-electron chi connectivity index (χ0n) is 9.46. The Morgan fingerprint density at radius 2 is 2.00 bits per heavy atom. The quantitative estimate of drug-likeness (QED) is 0.826. The maximum absolute atomic E-state index is 13.8. The maximum atomic E-state index is 13.8. The molecule has 4 heteroatoms. The predicted molar refractivity (Wildman–Crippen MR) is 59.7 cm³/mol. The third-order valence-electron chi connectivity index (χ3n) is 2.63. The third kappa shape index (κ3) is 2.79. The van der Waals surface area contributed by atoms with Crippen molar-refractivity contribution in [1.29, 1.82) is 0 Å². The monoisotopic (exact) mass is 225 g/mol. The first-order valence-electron chi connectivity index (χ1n) is 5.16. The number of aliphatic carboxylic acids is 1. The van der Waals surface area contributed by atoms with E-state index in [0.29, 0.717) is 11.1 Å². The molecular weight excluding hydrogens is 209 g/mol. The summed E-state index contributed by atoms with van der Waals surface area (Å²) in [5, 5.41) is 8.55. The maximum Gasteiger partial charge on any atom is 0.303 e. The molecule has 0 amide bonds. The average Bonchev–Trinajstić information content (AvgIpc) is 2.21. The van der Waals surface area contributed by atoms with Gasteiger partial charge >= 0.3 is 5.97 Å². The molecule has 0 heterocycles. The first-order chi connectivity index (χ1) is 7.43. The Kier molecular flexibility index (Phi) is 4.01. The fourth-order valence-electron chi connectivity index (χ4n) is 1.68. The van der Waals surface area contributed by atoms with Gasteiger partial charge in [0.05, 0.1) is 0 Å². The van der Waals surface area contributed by atoms with Gasteiger partial charge in [0.15, 0.2) is 0 Å². The second-order valence-corrected chi connectivity index (χ2v) is 3.97. The van der Waals surface area contributed by atoms with Crippen molar-refractivity contribution in [2.45, 2.75) is 32.7 Å². The van der Waals surface area contributed by atoms with Crippen LogP contribution in [0, 0.1) is 19.7 Å². The van der Waals surface area contributed by atoms with Crippen LogP contribution in [0.15, 0.2) is 12.1 Å². The molecule has 3 nitrogen and oxygen atoms in total. The van der Waals surface area contributed by atoms with Crippen LogP contribution in [-0.2, 0) is 4.79 Å². The Labute approximate surface area is 94.1 Å². The molecule has 3 N–H and O–H groups in total. The van der Waals surface area contributed by atoms with Crippen LogP contribution in [0.25, 0.3) is 0 Å². The summed E-state index contributed by atoms with van der Waals surface area (Å²) in [5.74, 6) is -1.24. The fraction of sp³-hybridized carbons (Fsp3) is 0.417. The number of carboxylic acid groups (broad SMARTS) is 1. The minimum atomic E-state index is -0.916. The summed E-state index contributed by atoms with van der Waals surface area (Å²) < 4.78 is 13.8. The molecule has 1 aromatic rings. The zero-order valence-corrected chi connectivity index (χ0v) is 9.46. The number of carbonyl (C=O) groups is 1. The first-order valence-corrected chi connectivity index (χ1v) is 5.16. The van der Waals surface area contributed by atoms with Crippen molar-refractivity contribution in [3.8, 4) is 0 Å². The molecule has 0 saturated heterocycles. The van der Waals surface area contributed by atoms with Gasteiger partial charge in [0.25, 0.3) is 0 Å². The van der Waals surface area contributed by atoms with Gasteiger partial charge in [-0.3, -0.25) is 4.79 Å². The van der Waals surface area contributed by atoms with E-state index in [0.717, 1.165) is 5.56 Å². The van der Waals surface area contributed by atoms with E-state index in [1.807, 2.05) is 0 Å². The SMILES string of the molecule is Cc1ccc(C)c(C(N)CCC(=O)O)c1F. The summed E-state index contributed by atoms with van der Waals surface area (Å²) in [6, 6.07) is 2.93. The molecule has 1 atom stereocenters. The third-order valence-corrected chi connectivity index (χ3v) is 2.63. The van der Waals surface area contributed by atoms with Crippen LogP contribution in [0.2, 0.25) is 0 Å². The minimum Gasteiger partial charge on any atom is -0.481 e. The smallest absolute Gasteiger partial charge is 0.303 e. The van der Waals surface area contributed by atoms with Gasteiger partial charge in [0.2, 0.25) is 0 Å². The van der Waals surface area contributed by atoms with E-state index in [4.69, 9.17) is 10.8 Å². The van der Waals surface area contributed by atoms with Gasteiger partial charge in [-0.05, 0) is 31.4 Å². The standard InChI is InChI=1S/C12H16FNO2/c1-7-3-4-8(2)12(13)11(7)9(14)5-6-10(15)16/h3-4,9H,5-6,14H2,1-2H3,(H,15,16). The van der Waals surface area contributed by atoms with Crippen LogP contribution < -0.4 is 5.73 Å². The van der Waals surface area contributed by atoms with Gasteiger partial charge in [-0.15, -0.1) is 0 Å². The molecule has 0 radical (unpaired) electrons. The number of hydrogen-bond acceptors (Lipinski definition) is 2. The molecule has 0 bridgehead atoms. The van der Waals surface area contributed by atoms with Gasteiger partial charge in [-0.25, -0.2) is 4.39 Å². The molecule has 0 aliphatic rings. The van der Waals surface area contributed by atoms with Crippen molar-refractivity contribution >= 4 is 5.97 Å². The molecule has 0 saturated carbocycles. The van der Waals surface area contributed by atoms with E-state index in [9.17, 15) is 9.18 Å². The van der Waals surface area contributed by atoms with Crippen LogP contribution >= 0.6 is 0 Å². The van der Waals surface area contributed by atoms with Crippen molar-refractivity contribution in [2.75, 3.05) is 0 Å². The van der Waals surface area contributed by atoms with E-state index in [-0.39, 0.29) is 18.7 Å². The molecule has 1 unspecified atom stereocenters. The topological polar surface area (TPSA) is 63.3 Å². The van der Waals surface area contributed by atoms with E-state index < -0.39 is 12.0 Å². The number of benzene rings is 1. The Hall–Kier alpha value is -1.42. The van der Waals surface area contributed by atoms with Gasteiger partial charge in [0.1, 0.15) is 5.82 Å². The number of rotatable bonds is 4. The summed E-state index contributed by atoms with van der Waals surface area (Å²) in [6.45, 7) is 3.45. The summed E-state index contributed by atoms with van der Waals surface area (Å²) in [7, 11) is 0. The molecule has 16 heavy (non-hydrogen) atoms. The number of hydrogen-bond donors (Lipinski definition) is 2. The van der Waals surface area contributed by atoms with Crippen LogP contribution in [-0.4, -0.2) is 11.1 Å². The van der Waals surface area contributed by atoms with Crippen LogP contribution in [0.5, 0.6) is 0 Å². The Balaban J connectivity index is 2.94. The van der Waals surface area contributed by atoms with Gasteiger partial charge in [-0.2, -0.15) is 0 Å². The molecule has 0 aliphatic carbocycles. The van der Waals surface area contributed by atoms with Crippen LogP contribution in [0.3, 0.4) is 0 Å². The summed E-state index contributed by atoms with van der Waals surface area (Å²) in [4.78, 5) is 10.4. The molecule has 0 aromatic heterocycles. The second-order valence-electron chi connectivity index (χ2n) is 3.97. The highest BCUT2D eigenvalue weighted by molar-refractivity contribution is 5.66. The predicted octanol–water partition coefficient (Wildman–Crippen LogP) is 2.31. The number of carboxylic acids is 1. The molecule has 0 spiro atoms. The molecule has 1 aromatic carbocycles. The molecule has 0 aliphatic heterocycles. The highest BCUT2D eigenvalue weighted by Crippen LogP contribution is 2.25. The molecular formula is C12H16FNO2. The average molecular weight is 225 g/mol. The Morgan fingerprint density at radius 3 is 2.56 bits per heavy atom. The van der Waals surface area contributed by atoms with Crippen LogP contribution in [0.1, 0.15) is 35.6 Å². The lowest BCUT2D eigenvalue weighted by Gasteiger charge is -2.16. The second kappa shape index (κ2) is 5.07. The Bertz CT molecular complexity index is 404.